The van der Waals surface area contributed by atoms with Crippen LogP contribution in [0.2, 0.25) is 0 Å². The van der Waals surface area contributed by atoms with Gasteiger partial charge in [0.2, 0.25) is 0 Å². The summed E-state index contributed by atoms with van der Waals surface area (Å²) in [6, 6.07) is 6.43. The number of nitrogens with two attached hydrogens (primary N) is 1. The molecule has 0 saturated carbocycles. The molecule has 0 aliphatic carbocycles. The van der Waals surface area contributed by atoms with Crippen molar-refractivity contribution in [3.63, 3.8) is 0 Å². The van der Waals surface area contributed by atoms with Gasteiger partial charge in [-0.3, -0.25) is 0 Å². The summed E-state index contributed by atoms with van der Waals surface area (Å²) in [4.78, 5) is 0. The van der Waals surface area contributed by atoms with Crippen LogP contribution in [0.3, 0.4) is 0 Å². The summed E-state index contributed by atoms with van der Waals surface area (Å²) >= 11 is 0. The Morgan fingerprint density at radius 3 is 2.40 bits per heavy atom. The van der Waals surface area contributed by atoms with Crippen LogP contribution in [-0.4, -0.2) is 0 Å². The molecule has 0 aliphatic heterocycles. The minimum atomic E-state index is 0.118. The summed E-state index contributed by atoms with van der Waals surface area (Å²) in [6.07, 6.45) is 1.82. The van der Waals surface area contributed by atoms with Gasteiger partial charge in [0.05, 0.1) is 0 Å². The number of benzene rings is 1. The highest BCUT2D eigenvalue weighted by Gasteiger charge is 2.10. The van der Waals surface area contributed by atoms with E-state index in [1.165, 1.54) is 16.7 Å². The van der Waals surface area contributed by atoms with E-state index in [4.69, 9.17) is 5.73 Å². The van der Waals surface area contributed by atoms with Crippen LogP contribution in [0.1, 0.15) is 42.5 Å². The quantitative estimate of drug-likeness (QED) is 0.747. The van der Waals surface area contributed by atoms with Gasteiger partial charge >= 0.3 is 0 Å². The van der Waals surface area contributed by atoms with Crippen LogP contribution >= 0.6 is 0 Å². The highest BCUT2D eigenvalue weighted by Crippen LogP contribution is 2.23. The second-order valence-electron chi connectivity index (χ2n) is 3.88. The number of hydrogen-bond donors (Lipinski definition) is 1. The van der Waals surface area contributed by atoms with Gasteiger partial charge in [0, 0.05) is 12.5 Å². The molecule has 1 aromatic rings. The van der Waals surface area contributed by atoms with Gasteiger partial charge in [0.15, 0.2) is 0 Å². The third kappa shape index (κ3) is 3.11. The third-order valence-corrected chi connectivity index (χ3v) is 2.67. The summed E-state index contributed by atoms with van der Waals surface area (Å²) in [5.74, 6) is 5.96. The van der Waals surface area contributed by atoms with Crippen LogP contribution in [-0.2, 0) is 0 Å². The van der Waals surface area contributed by atoms with E-state index in [1.54, 1.807) is 0 Å². The van der Waals surface area contributed by atoms with Gasteiger partial charge in [-0.2, -0.15) is 0 Å². The molecule has 0 spiro atoms. The Balaban J connectivity index is 2.79. The van der Waals surface area contributed by atoms with Crippen molar-refractivity contribution in [2.24, 2.45) is 5.73 Å². The Morgan fingerprint density at radius 1 is 1.27 bits per heavy atom. The molecule has 0 fully saturated rings. The molecule has 0 heterocycles. The second-order valence-corrected chi connectivity index (χ2v) is 3.88. The van der Waals surface area contributed by atoms with Crippen LogP contribution in [0, 0.1) is 25.7 Å². The molecular weight excluding hydrogens is 182 g/mol. The average Bonchev–Trinajstić information content (AvgIpc) is 2.18. The van der Waals surface area contributed by atoms with Crippen molar-refractivity contribution in [1.29, 1.82) is 0 Å². The number of rotatable bonds is 3. The molecule has 1 nitrogen and oxygen atoms in total. The Labute approximate surface area is 92.7 Å². The molecule has 1 aromatic carbocycles. The van der Waals surface area contributed by atoms with E-state index >= 15 is 0 Å². The first kappa shape index (κ1) is 11.8. The van der Waals surface area contributed by atoms with Gasteiger partial charge in [-0.15, -0.1) is 11.8 Å². The molecular formula is C14H19N. The standard InChI is InChI=1S/C14H19N/c1-4-5-6-10-13(15)14-11(2)8-7-9-12(14)3/h7-9,13H,6,10,15H2,1-3H3. The summed E-state index contributed by atoms with van der Waals surface area (Å²) in [7, 11) is 0. The van der Waals surface area contributed by atoms with E-state index in [0.717, 1.165) is 12.8 Å². The zero-order chi connectivity index (χ0) is 11.3. The average molecular weight is 201 g/mol. The first-order chi connectivity index (χ1) is 7.16. The van der Waals surface area contributed by atoms with Crippen molar-refractivity contribution in [1.82, 2.24) is 0 Å². The Hall–Kier alpha value is -1.26. The van der Waals surface area contributed by atoms with Crippen molar-refractivity contribution >= 4 is 0 Å². The molecule has 1 unspecified atom stereocenters. The molecule has 2 N–H and O–H groups in total. The van der Waals surface area contributed by atoms with Crippen molar-refractivity contribution in [3.05, 3.63) is 34.9 Å². The fourth-order valence-electron chi connectivity index (χ4n) is 1.91. The van der Waals surface area contributed by atoms with Crippen LogP contribution in [0.25, 0.3) is 0 Å². The predicted molar refractivity (Wildman–Crippen MR) is 65.5 cm³/mol. The molecule has 0 saturated heterocycles. The maximum atomic E-state index is 6.17. The minimum absolute atomic E-state index is 0.118. The van der Waals surface area contributed by atoms with E-state index in [1.807, 2.05) is 6.92 Å². The van der Waals surface area contributed by atoms with Crippen molar-refractivity contribution in [2.45, 2.75) is 39.7 Å². The normalized spacial score (nSPS) is 11.7. The van der Waals surface area contributed by atoms with E-state index in [-0.39, 0.29) is 6.04 Å². The van der Waals surface area contributed by atoms with E-state index in [0.29, 0.717) is 0 Å². The van der Waals surface area contributed by atoms with Crippen molar-refractivity contribution in [3.8, 4) is 11.8 Å². The fraction of sp³-hybridized carbons (Fsp3) is 0.429. The minimum Gasteiger partial charge on any atom is -0.324 e. The number of aryl methyl sites for hydroxylation is 2. The van der Waals surface area contributed by atoms with Crippen molar-refractivity contribution in [2.75, 3.05) is 0 Å². The highest BCUT2D eigenvalue weighted by atomic mass is 14.6. The zero-order valence-electron chi connectivity index (χ0n) is 9.80. The van der Waals surface area contributed by atoms with Crippen LogP contribution < -0.4 is 5.73 Å². The number of hydrogen-bond acceptors (Lipinski definition) is 1. The van der Waals surface area contributed by atoms with Crippen molar-refractivity contribution < 1.29 is 0 Å². The summed E-state index contributed by atoms with van der Waals surface area (Å²) < 4.78 is 0. The summed E-state index contributed by atoms with van der Waals surface area (Å²) in [5.41, 5.74) is 10.0. The van der Waals surface area contributed by atoms with Crippen LogP contribution in [0.15, 0.2) is 18.2 Å². The molecule has 1 heteroatoms. The maximum Gasteiger partial charge on any atom is 0.0309 e. The Morgan fingerprint density at radius 2 is 1.87 bits per heavy atom. The van der Waals surface area contributed by atoms with Crippen LogP contribution in [0.4, 0.5) is 0 Å². The maximum absolute atomic E-state index is 6.17. The molecule has 0 aliphatic rings. The first-order valence-corrected chi connectivity index (χ1v) is 5.38. The summed E-state index contributed by atoms with van der Waals surface area (Å²) in [6.45, 7) is 6.10. The van der Waals surface area contributed by atoms with E-state index in [2.05, 4.69) is 43.9 Å². The first-order valence-electron chi connectivity index (χ1n) is 5.38. The molecule has 1 rings (SSSR count). The lowest BCUT2D eigenvalue weighted by Crippen LogP contribution is -2.13. The predicted octanol–water partition coefficient (Wildman–Crippen LogP) is 3.11. The molecule has 0 amide bonds. The smallest absolute Gasteiger partial charge is 0.0309 e. The molecule has 1 atom stereocenters. The molecule has 15 heavy (non-hydrogen) atoms. The second kappa shape index (κ2) is 5.58. The largest absolute Gasteiger partial charge is 0.324 e. The zero-order valence-corrected chi connectivity index (χ0v) is 9.80. The van der Waals surface area contributed by atoms with Gasteiger partial charge in [0.1, 0.15) is 0 Å². The van der Waals surface area contributed by atoms with Gasteiger partial charge < -0.3 is 5.73 Å². The molecule has 0 bridgehead atoms. The lowest BCUT2D eigenvalue weighted by Gasteiger charge is -2.16. The monoisotopic (exact) mass is 201 g/mol. The van der Waals surface area contributed by atoms with Gasteiger partial charge in [-0.05, 0) is 43.9 Å². The molecule has 0 aromatic heterocycles. The molecule has 0 radical (unpaired) electrons. The lowest BCUT2D eigenvalue weighted by atomic mass is 9.94. The van der Waals surface area contributed by atoms with E-state index < -0.39 is 0 Å². The topological polar surface area (TPSA) is 26.0 Å². The van der Waals surface area contributed by atoms with Gasteiger partial charge in [-0.25, -0.2) is 0 Å². The van der Waals surface area contributed by atoms with Gasteiger partial charge in [0.25, 0.3) is 0 Å². The summed E-state index contributed by atoms with van der Waals surface area (Å²) in [5, 5.41) is 0. The SMILES string of the molecule is CC#CCCC(N)c1c(C)cccc1C. The Bertz CT molecular complexity index is 362. The van der Waals surface area contributed by atoms with Crippen LogP contribution in [0.5, 0.6) is 0 Å². The van der Waals surface area contributed by atoms with Gasteiger partial charge in [-0.1, -0.05) is 18.2 Å². The van der Waals surface area contributed by atoms with E-state index in [9.17, 15) is 0 Å². The lowest BCUT2D eigenvalue weighted by molar-refractivity contribution is 0.659. The third-order valence-electron chi connectivity index (χ3n) is 2.67. The highest BCUT2D eigenvalue weighted by molar-refractivity contribution is 5.35. The molecule has 80 valence electrons. The Kier molecular flexibility index (Phi) is 4.39. The fourth-order valence-corrected chi connectivity index (χ4v) is 1.91.